The average Bonchev–Trinajstić information content (AvgIpc) is 2.38. The Balaban J connectivity index is 2.99. The maximum Gasteiger partial charge on any atom is 0.416 e. The van der Waals surface area contributed by atoms with E-state index in [1.807, 2.05) is 0 Å². The molecule has 0 fully saturated rings. The van der Waals surface area contributed by atoms with Gasteiger partial charge in [-0.25, -0.2) is 0 Å². The number of benzene rings is 1. The molecular weight excluding hydrogens is 281 g/mol. The van der Waals surface area contributed by atoms with Crippen LogP contribution in [-0.2, 0) is 15.7 Å². The Labute approximate surface area is 112 Å². The van der Waals surface area contributed by atoms with E-state index in [1.165, 1.54) is 14.2 Å². The molecule has 1 rings (SSSR count). The van der Waals surface area contributed by atoms with E-state index in [0.29, 0.717) is 6.07 Å². The van der Waals surface area contributed by atoms with Gasteiger partial charge in [-0.15, -0.1) is 0 Å². The number of nitro benzene ring substituents is 1. The highest BCUT2D eigenvalue weighted by Gasteiger charge is 2.33. The molecule has 0 heterocycles. The molecule has 0 saturated heterocycles. The summed E-state index contributed by atoms with van der Waals surface area (Å²) in [5, 5.41) is 13.4. The zero-order chi connectivity index (χ0) is 15.3. The largest absolute Gasteiger partial charge is 0.416 e. The SMILES string of the molecule is COC(CNc1ccc(C(F)(F)F)cc1[N+](=O)[O-])OC. The highest BCUT2D eigenvalue weighted by molar-refractivity contribution is 5.63. The second kappa shape index (κ2) is 6.53. The van der Waals surface area contributed by atoms with Crippen molar-refractivity contribution in [3.63, 3.8) is 0 Å². The van der Waals surface area contributed by atoms with Crippen molar-refractivity contribution in [2.75, 3.05) is 26.1 Å². The number of anilines is 1. The molecule has 0 spiro atoms. The first-order chi connectivity index (χ1) is 9.29. The van der Waals surface area contributed by atoms with Gasteiger partial charge in [-0.3, -0.25) is 10.1 Å². The van der Waals surface area contributed by atoms with Gasteiger partial charge in [0.25, 0.3) is 5.69 Å². The molecular formula is C11H13F3N2O4. The Morgan fingerprint density at radius 2 is 1.95 bits per heavy atom. The topological polar surface area (TPSA) is 73.6 Å². The summed E-state index contributed by atoms with van der Waals surface area (Å²) in [5.41, 5.74) is -1.78. The summed E-state index contributed by atoms with van der Waals surface area (Å²) in [6.45, 7) is 0.0548. The van der Waals surface area contributed by atoms with Crippen molar-refractivity contribution >= 4 is 11.4 Å². The summed E-state index contributed by atoms with van der Waals surface area (Å²) in [7, 11) is 2.74. The van der Waals surface area contributed by atoms with Crippen molar-refractivity contribution in [1.29, 1.82) is 0 Å². The summed E-state index contributed by atoms with van der Waals surface area (Å²) >= 11 is 0. The summed E-state index contributed by atoms with van der Waals surface area (Å²) in [6.07, 6.45) is -5.30. The van der Waals surface area contributed by atoms with Crippen LogP contribution in [0.3, 0.4) is 0 Å². The predicted molar refractivity (Wildman–Crippen MR) is 64.4 cm³/mol. The van der Waals surface area contributed by atoms with E-state index in [9.17, 15) is 23.3 Å². The van der Waals surface area contributed by atoms with Gasteiger partial charge in [0.15, 0.2) is 6.29 Å². The van der Waals surface area contributed by atoms with Crippen molar-refractivity contribution in [3.05, 3.63) is 33.9 Å². The first kappa shape index (κ1) is 16.2. The number of halogens is 3. The van der Waals surface area contributed by atoms with Crippen LogP contribution in [-0.4, -0.2) is 32.0 Å². The van der Waals surface area contributed by atoms with E-state index >= 15 is 0 Å². The van der Waals surface area contributed by atoms with Gasteiger partial charge in [-0.05, 0) is 12.1 Å². The first-order valence-corrected chi connectivity index (χ1v) is 5.44. The lowest BCUT2D eigenvalue weighted by molar-refractivity contribution is -0.384. The van der Waals surface area contributed by atoms with Crippen molar-refractivity contribution in [2.45, 2.75) is 12.5 Å². The number of ether oxygens (including phenoxy) is 2. The molecule has 9 heteroatoms. The molecule has 0 aromatic heterocycles. The summed E-state index contributed by atoms with van der Waals surface area (Å²) in [5.74, 6) is 0. The van der Waals surface area contributed by atoms with Crippen LogP contribution in [0.1, 0.15) is 5.56 Å². The van der Waals surface area contributed by atoms with Crippen LogP contribution in [0.2, 0.25) is 0 Å². The minimum atomic E-state index is -4.63. The molecule has 0 saturated carbocycles. The number of hydrogen-bond donors (Lipinski definition) is 1. The van der Waals surface area contributed by atoms with Crippen LogP contribution in [0.25, 0.3) is 0 Å². The smallest absolute Gasteiger partial charge is 0.374 e. The summed E-state index contributed by atoms with van der Waals surface area (Å²) < 4.78 is 47.2. The van der Waals surface area contributed by atoms with E-state index in [2.05, 4.69) is 5.32 Å². The second-order valence-electron chi connectivity index (χ2n) is 3.77. The fourth-order valence-electron chi connectivity index (χ4n) is 1.46. The number of alkyl halides is 3. The quantitative estimate of drug-likeness (QED) is 0.496. The van der Waals surface area contributed by atoms with Crippen LogP contribution in [0.15, 0.2) is 18.2 Å². The molecule has 0 aliphatic rings. The van der Waals surface area contributed by atoms with Crippen LogP contribution < -0.4 is 5.32 Å². The maximum absolute atomic E-state index is 12.5. The zero-order valence-corrected chi connectivity index (χ0v) is 10.7. The van der Waals surface area contributed by atoms with Crippen LogP contribution in [0.5, 0.6) is 0 Å². The van der Waals surface area contributed by atoms with Gasteiger partial charge in [0, 0.05) is 20.3 Å². The van der Waals surface area contributed by atoms with Gasteiger partial charge in [-0.2, -0.15) is 13.2 Å². The molecule has 0 aliphatic carbocycles. The highest BCUT2D eigenvalue weighted by atomic mass is 19.4. The van der Waals surface area contributed by atoms with Gasteiger partial charge >= 0.3 is 6.18 Å². The fourth-order valence-corrected chi connectivity index (χ4v) is 1.46. The molecule has 1 aromatic carbocycles. The molecule has 0 bridgehead atoms. The first-order valence-electron chi connectivity index (χ1n) is 5.44. The monoisotopic (exact) mass is 294 g/mol. The minimum absolute atomic E-state index is 0.0397. The molecule has 1 aromatic rings. The van der Waals surface area contributed by atoms with Crippen molar-refractivity contribution < 1.29 is 27.6 Å². The second-order valence-corrected chi connectivity index (χ2v) is 3.77. The van der Waals surface area contributed by atoms with Crippen LogP contribution in [0, 0.1) is 10.1 Å². The third kappa shape index (κ3) is 4.07. The van der Waals surface area contributed by atoms with Crippen LogP contribution >= 0.6 is 0 Å². The Morgan fingerprint density at radius 1 is 1.35 bits per heavy atom. The number of nitrogens with one attached hydrogen (secondary N) is 1. The molecule has 112 valence electrons. The van der Waals surface area contributed by atoms with Crippen LogP contribution in [0.4, 0.5) is 24.5 Å². The zero-order valence-electron chi connectivity index (χ0n) is 10.7. The van der Waals surface area contributed by atoms with E-state index in [0.717, 1.165) is 12.1 Å². The molecule has 0 amide bonds. The number of nitrogens with zero attached hydrogens (tertiary/aromatic N) is 1. The van der Waals surface area contributed by atoms with Crippen molar-refractivity contribution in [3.8, 4) is 0 Å². The molecule has 6 nitrogen and oxygen atoms in total. The molecule has 0 unspecified atom stereocenters. The number of nitro groups is 1. The van der Waals surface area contributed by atoms with E-state index in [1.54, 1.807) is 0 Å². The maximum atomic E-state index is 12.5. The molecule has 0 aliphatic heterocycles. The van der Waals surface area contributed by atoms with Gasteiger partial charge in [-0.1, -0.05) is 0 Å². The lowest BCUT2D eigenvalue weighted by Gasteiger charge is -2.15. The van der Waals surface area contributed by atoms with Gasteiger partial charge in [0.1, 0.15) is 5.69 Å². The standard InChI is InChI=1S/C11H13F3N2O4/c1-19-10(20-2)6-15-8-4-3-7(11(12,13)14)5-9(8)16(17)18/h3-5,10,15H,6H2,1-2H3. The summed E-state index contributed by atoms with van der Waals surface area (Å²) in [6, 6.07) is 2.25. The molecule has 20 heavy (non-hydrogen) atoms. The molecule has 0 atom stereocenters. The summed E-state index contributed by atoms with van der Waals surface area (Å²) in [4.78, 5) is 9.94. The predicted octanol–water partition coefficient (Wildman–Crippen LogP) is 2.64. The van der Waals surface area contributed by atoms with Crippen molar-refractivity contribution in [1.82, 2.24) is 0 Å². The minimum Gasteiger partial charge on any atom is -0.374 e. The molecule has 1 N–H and O–H groups in total. The number of rotatable bonds is 6. The average molecular weight is 294 g/mol. The Kier molecular flexibility index (Phi) is 5.28. The third-order valence-electron chi connectivity index (χ3n) is 2.51. The number of methoxy groups -OCH3 is 2. The van der Waals surface area contributed by atoms with Gasteiger partial charge in [0.2, 0.25) is 0 Å². The number of hydrogen-bond acceptors (Lipinski definition) is 5. The lowest BCUT2D eigenvalue weighted by atomic mass is 10.1. The Hall–Kier alpha value is -1.87. The van der Waals surface area contributed by atoms with E-state index in [-0.39, 0.29) is 12.2 Å². The van der Waals surface area contributed by atoms with E-state index in [4.69, 9.17) is 9.47 Å². The Morgan fingerprint density at radius 3 is 2.40 bits per heavy atom. The molecule has 0 radical (unpaired) electrons. The van der Waals surface area contributed by atoms with E-state index < -0.39 is 28.6 Å². The highest BCUT2D eigenvalue weighted by Crippen LogP contribution is 2.34. The van der Waals surface area contributed by atoms with Gasteiger partial charge < -0.3 is 14.8 Å². The lowest BCUT2D eigenvalue weighted by Crippen LogP contribution is -2.24. The normalized spacial score (nSPS) is 11.7. The fraction of sp³-hybridized carbons (Fsp3) is 0.455. The van der Waals surface area contributed by atoms with Gasteiger partial charge in [0.05, 0.1) is 17.0 Å². The third-order valence-corrected chi connectivity index (χ3v) is 2.51. The Bertz CT molecular complexity index is 475. The van der Waals surface area contributed by atoms with Crippen molar-refractivity contribution in [2.24, 2.45) is 0 Å².